The van der Waals surface area contributed by atoms with Crippen LogP contribution in [0.25, 0.3) is 0 Å². The number of carboxylic acids is 1. The Hall–Kier alpha value is -1.63. The van der Waals surface area contributed by atoms with Crippen molar-refractivity contribution in [2.45, 2.75) is 18.9 Å². The minimum absolute atomic E-state index is 0.0313. The number of hydrogen-bond donors (Lipinski definition) is 4. The van der Waals surface area contributed by atoms with E-state index in [-0.39, 0.29) is 19.4 Å². The molecule has 6 N–H and O–H groups in total. The van der Waals surface area contributed by atoms with Crippen LogP contribution in [-0.4, -0.2) is 35.5 Å². The smallest absolute Gasteiger partial charge is 0.303 e. The summed E-state index contributed by atoms with van der Waals surface area (Å²) in [5.74, 6) is -2.37. The zero-order valence-corrected chi connectivity index (χ0v) is 7.53. The lowest BCUT2D eigenvalue weighted by atomic mass is 10.1. The van der Waals surface area contributed by atoms with Gasteiger partial charge in [0.25, 0.3) is 0 Å². The Morgan fingerprint density at radius 1 is 1.36 bits per heavy atom. The molecule has 0 heterocycles. The molecule has 0 aromatic carbocycles. The molecule has 80 valence electrons. The van der Waals surface area contributed by atoms with Gasteiger partial charge in [0, 0.05) is 6.42 Å². The number of carboxylic acid groups (broad SMARTS) is 1. The maximum absolute atomic E-state index is 10.8. The second kappa shape index (κ2) is 5.92. The highest BCUT2D eigenvalue weighted by atomic mass is 16.4. The average molecular weight is 203 g/mol. The fraction of sp³-hybridized carbons (Fsp3) is 0.571. The molecule has 0 aliphatic carbocycles. The molecule has 7 nitrogen and oxygen atoms in total. The second-order valence-corrected chi connectivity index (χ2v) is 2.66. The summed E-state index contributed by atoms with van der Waals surface area (Å²) in [5, 5.41) is 10.6. The average Bonchev–Trinajstić information content (AvgIpc) is 2.10. The molecule has 0 aliphatic rings. The second-order valence-electron chi connectivity index (χ2n) is 2.66. The Kier molecular flexibility index (Phi) is 5.23. The molecule has 0 aliphatic heterocycles. The van der Waals surface area contributed by atoms with Crippen LogP contribution < -0.4 is 16.8 Å². The van der Waals surface area contributed by atoms with Gasteiger partial charge in [-0.15, -0.1) is 0 Å². The molecule has 0 aromatic rings. The molecule has 0 fully saturated rings. The van der Waals surface area contributed by atoms with Gasteiger partial charge in [-0.25, -0.2) is 0 Å². The third kappa shape index (κ3) is 5.09. The van der Waals surface area contributed by atoms with Crippen molar-refractivity contribution in [2.24, 2.45) is 11.5 Å². The summed E-state index contributed by atoms with van der Waals surface area (Å²) in [5.41, 5.74) is 9.93. The molecular formula is C7H13N3O4. The zero-order chi connectivity index (χ0) is 11.1. The van der Waals surface area contributed by atoms with Gasteiger partial charge in [-0.1, -0.05) is 0 Å². The van der Waals surface area contributed by atoms with E-state index >= 15 is 0 Å². The van der Waals surface area contributed by atoms with E-state index in [1.54, 1.807) is 0 Å². The lowest BCUT2D eigenvalue weighted by molar-refractivity contribution is -0.137. The largest absolute Gasteiger partial charge is 0.481 e. The summed E-state index contributed by atoms with van der Waals surface area (Å²) >= 11 is 0. The minimum atomic E-state index is -1.06. The number of carbonyl (C=O) groups is 3. The molecule has 0 rings (SSSR count). The number of rotatable bonds is 6. The van der Waals surface area contributed by atoms with Gasteiger partial charge in [0.2, 0.25) is 11.8 Å². The van der Waals surface area contributed by atoms with E-state index in [1.807, 2.05) is 0 Å². The molecule has 0 bridgehead atoms. The van der Waals surface area contributed by atoms with E-state index in [0.717, 1.165) is 0 Å². The molecular weight excluding hydrogens is 190 g/mol. The van der Waals surface area contributed by atoms with Gasteiger partial charge in [-0.05, 0) is 6.42 Å². The molecule has 14 heavy (non-hydrogen) atoms. The van der Waals surface area contributed by atoms with Gasteiger partial charge in [0.1, 0.15) is 6.04 Å². The molecule has 0 aromatic heterocycles. The van der Waals surface area contributed by atoms with E-state index in [1.165, 1.54) is 0 Å². The predicted octanol–water partition coefficient (Wildman–Crippen LogP) is -2.22. The summed E-state index contributed by atoms with van der Waals surface area (Å²) in [6.07, 6.45) is -0.269. The fourth-order valence-electron chi connectivity index (χ4n) is 0.807. The van der Waals surface area contributed by atoms with Crippen LogP contribution in [0.5, 0.6) is 0 Å². The highest BCUT2D eigenvalue weighted by Gasteiger charge is 2.18. The molecule has 7 heteroatoms. The maximum atomic E-state index is 10.8. The van der Waals surface area contributed by atoms with Gasteiger partial charge in [-0.2, -0.15) is 0 Å². The van der Waals surface area contributed by atoms with Gasteiger partial charge < -0.3 is 21.9 Å². The van der Waals surface area contributed by atoms with E-state index < -0.39 is 23.8 Å². The summed E-state index contributed by atoms with van der Waals surface area (Å²) in [6.45, 7) is -0.267. The van der Waals surface area contributed by atoms with Crippen LogP contribution in [0.15, 0.2) is 0 Å². The van der Waals surface area contributed by atoms with Crippen LogP contribution >= 0.6 is 0 Å². The van der Waals surface area contributed by atoms with Crippen LogP contribution in [0.4, 0.5) is 0 Å². The van der Waals surface area contributed by atoms with E-state index in [4.69, 9.17) is 16.6 Å². The lowest BCUT2D eigenvalue weighted by Crippen LogP contribution is -2.46. The van der Waals surface area contributed by atoms with E-state index in [0.29, 0.717) is 0 Å². The fourth-order valence-corrected chi connectivity index (χ4v) is 0.807. The molecule has 0 saturated carbocycles. The first-order valence-electron chi connectivity index (χ1n) is 3.98. The van der Waals surface area contributed by atoms with Crippen molar-refractivity contribution in [2.75, 3.05) is 6.54 Å². The Morgan fingerprint density at radius 2 is 1.93 bits per heavy atom. The van der Waals surface area contributed by atoms with Crippen molar-refractivity contribution in [3.63, 3.8) is 0 Å². The quantitative estimate of drug-likeness (QED) is 0.387. The van der Waals surface area contributed by atoms with Crippen LogP contribution in [0.1, 0.15) is 12.8 Å². The SMILES string of the molecule is NCC(=O)NC(CCC(=O)O)C(N)=O. The molecule has 0 spiro atoms. The number of nitrogens with two attached hydrogens (primary N) is 2. The molecule has 1 atom stereocenters. The first-order valence-corrected chi connectivity index (χ1v) is 3.98. The van der Waals surface area contributed by atoms with Crippen molar-refractivity contribution in [3.05, 3.63) is 0 Å². The van der Waals surface area contributed by atoms with Gasteiger partial charge in [0.05, 0.1) is 6.54 Å². The monoisotopic (exact) mass is 203 g/mol. The minimum Gasteiger partial charge on any atom is -0.481 e. The summed E-state index contributed by atoms with van der Waals surface area (Å²) in [7, 11) is 0. The number of carbonyl (C=O) groups excluding carboxylic acids is 2. The summed E-state index contributed by atoms with van der Waals surface area (Å²) in [4.78, 5) is 31.7. The van der Waals surface area contributed by atoms with E-state index in [9.17, 15) is 14.4 Å². The third-order valence-corrected chi connectivity index (χ3v) is 1.51. The van der Waals surface area contributed by atoms with Crippen molar-refractivity contribution >= 4 is 17.8 Å². The Balaban J connectivity index is 4.09. The van der Waals surface area contributed by atoms with Crippen molar-refractivity contribution in [3.8, 4) is 0 Å². The van der Waals surface area contributed by atoms with Crippen molar-refractivity contribution in [1.82, 2.24) is 5.32 Å². The Bertz CT molecular complexity index is 241. The van der Waals surface area contributed by atoms with Gasteiger partial charge in [0.15, 0.2) is 0 Å². The highest BCUT2D eigenvalue weighted by molar-refractivity contribution is 5.87. The molecule has 0 saturated heterocycles. The Morgan fingerprint density at radius 3 is 2.29 bits per heavy atom. The van der Waals surface area contributed by atoms with Crippen molar-refractivity contribution < 1.29 is 19.5 Å². The van der Waals surface area contributed by atoms with Crippen LogP contribution in [-0.2, 0) is 14.4 Å². The van der Waals surface area contributed by atoms with Crippen LogP contribution in [0.3, 0.4) is 0 Å². The van der Waals surface area contributed by atoms with Crippen LogP contribution in [0, 0.1) is 0 Å². The number of nitrogens with one attached hydrogen (secondary N) is 1. The molecule has 2 amide bonds. The highest BCUT2D eigenvalue weighted by Crippen LogP contribution is 1.96. The number of primary amides is 1. The molecule has 0 radical (unpaired) electrons. The van der Waals surface area contributed by atoms with Gasteiger partial charge in [-0.3, -0.25) is 14.4 Å². The Labute approximate surface area is 80.4 Å². The van der Waals surface area contributed by atoms with Crippen molar-refractivity contribution in [1.29, 1.82) is 0 Å². The maximum Gasteiger partial charge on any atom is 0.303 e. The summed E-state index contributed by atoms with van der Waals surface area (Å²) < 4.78 is 0. The van der Waals surface area contributed by atoms with Gasteiger partial charge >= 0.3 is 5.97 Å². The molecule has 1 unspecified atom stereocenters. The van der Waals surface area contributed by atoms with Crippen LogP contribution in [0.2, 0.25) is 0 Å². The summed E-state index contributed by atoms with van der Waals surface area (Å²) in [6, 6.07) is -0.970. The lowest BCUT2D eigenvalue weighted by Gasteiger charge is -2.13. The number of hydrogen-bond acceptors (Lipinski definition) is 4. The topological polar surface area (TPSA) is 136 Å². The normalized spacial score (nSPS) is 11.8. The number of aliphatic carboxylic acids is 1. The first-order chi connectivity index (χ1) is 6.47. The van der Waals surface area contributed by atoms with E-state index in [2.05, 4.69) is 5.32 Å². The predicted molar refractivity (Wildman–Crippen MR) is 47.0 cm³/mol. The first kappa shape index (κ1) is 12.4. The zero-order valence-electron chi connectivity index (χ0n) is 7.53. The number of amides is 2. The standard InChI is InChI=1S/C7H13N3O4/c8-3-5(11)10-4(7(9)14)1-2-6(12)13/h4H,1-3,8H2,(H2,9,14)(H,10,11)(H,12,13). The third-order valence-electron chi connectivity index (χ3n) is 1.51.